The van der Waals surface area contributed by atoms with Crippen molar-refractivity contribution in [2.24, 2.45) is 5.16 Å². The molecule has 7 nitrogen and oxygen atoms in total. The second kappa shape index (κ2) is 9.78. The van der Waals surface area contributed by atoms with Crippen molar-refractivity contribution in [1.29, 1.82) is 0 Å². The number of benzene rings is 1. The van der Waals surface area contributed by atoms with Gasteiger partial charge in [0.1, 0.15) is 6.54 Å². The summed E-state index contributed by atoms with van der Waals surface area (Å²) in [6.45, 7) is 0.840. The molecule has 134 valence electrons. The normalized spacial score (nSPS) is 18.3. The van der Waals surface area contributed by atoms with Crippen molar-refractivity contribution in [3.05, 3.63) is 46.0 Å². The van der Waals surface area contributed by atoms with E-state index >= 15 is 0 Å². The van der Waals surface area contributed by atoms with Crippen LogP contribution < -0.4 is 0 Å². The first kappa shape index (κ1) is 20.6. The van der Waals surface area contributed by atoms with E-state index < -0.39 is 17.3 Å². The molecule has 24 heavy (non-hydrogen) atoms. The highest BCUT2D eigenvalue weighted by molar-refractivity contribution is 6.69. The molecule has 1 aromatic rings. The lowest BCUT2D eigenvalue weighted by Gasteiger charge is -2.30. The van der Waals surface area contributed by atoms with E-state index in [-0.39, 0.29) is 24.1 Å². The van der Waals surface area contributed by atoms with Crippen LogP contribution in [0.3, 0.4) is 0 Å². The highest BCUT2D eigenvalue weighted by Crippen LogP contribution is 2.15. The molecule has 1 aliphatic rings. The largest absolute Gasteiger partial charge is 0.384 e. The Balaban J connectivity index is 0.00000288. The first-order valence-electron chi connectivity index (χ1n) is 7.51. The molecule has 0 saturated carbocycles. The Bertz CT molecular complexity index is 553. The van der Waals surface area contributed by atoms with Crippen molar-refractivity contribution in [3.8, 4) is 0 Å². The van der Waals surface area contributed by atoms with Gasteiger partial charge in [-0.3, -0.25) is 15.0 Å². The minimum atomic E-state index is -2.20. The minimum absolute atomic E-state index is 0. The minimum Gasteiger partial charge on any atom is -0.384 e. The van der Waals surface area contributed by atoms with Gasteiger partial charge in [0, 0.05) is 5.56 Å². The molecule has 0 aromatic heterocycles. The maximum atomic E-state index is 11.2. The fourth-order valence-electron chi connectivity index (χ4n) is 2.45. The van der Waals surface area contributed by atoms with Gasteiger partial charge in [0.25, 0.3) is 0 Å². The van der Waals surface area contributed by atoms with Gasteiger partial charge in [0.2, 0.25) is 6.61 Å². The van der Waals surface area contributed by atoms with Crippen LogP contribution in [0.4, 0.5) is 0 Å². The van der Waals surface area contributed by atoms with Crippen molar-refractivity contribution in [2.75, 3.05) is 26.2 Å². The van der Waals surface area contributed by atoms with Crippen LogP contribution in [0.25, 0.3) is 0 Å². The van der Waals surface area contributed by atoms with Crippen LogP contribution in [0, 0.1) is 10.1 Å². The number of aliphatic hydroxyl groups is 1. The maximum absolute atomic E-state index is 11.2. The Morgan fingerprint density at radius 1 is 1.33 bits per heavy atom. The number of oxime groups is 1. The first-order chi connectivity index (χ1) is 11.0. The Kier molecular flexibility index (Phi) is 8.41. The van der Waals surface area contributed by atoms with Gasteiger partial charge < -0.3 is 9.94 Å². The predicted molar refractivity (Wildman–Crippen MR) is 94.3 cm³/mol. The van der Waals surface area contributed by atoms with Crippen molar-refractivity contribution in [3.63, 3.8) is 0 Å². The third-order valence-electron chi connectivity index (χ3n) is 3.72. The summed E-state index contributed by atoms with van der Waals surface area (Å²) in [6.07, 6.45) is 3.07. The van der Waals surface area contributed by atoms with Crippen LogP contribution in [0.15, 0.2) is 35.5 Å². The highest BCUT2D eigenvalue weighted by atomic mass is 35.5. The molecule has 1 unspecified atom stereocenters. The second-order valence-corrected chi connectivity index (χ2v) is 5.96. The number of β-amino-alcohol motifs (C(OH)–C–C–N with tert-alkyl or cyclic N) is 1. The average molecular weight is 378 g/mol. The molecule has 0 amide bonds. The number of nitrogens with zero attached hydrogens (tertiary/aromatic N) is 3. The van der Waals surface area contributed by atoms with Crippen molar-refractivity contribution >= 4 is 29.2 Å². The molecule has 1 N–H and O–H groups in total. The number of rotatable bonds is 7. The van der Waals surface area contributed by atoms with Gasteiger partial charge in [-0.15, -0.1) is 12.4 Å². The molecule has 1 saturated heterocycles. The van der Waals surface area contributed by atoms with Crippen molar-refractivity contribution < 1.29 is 14.9 Å². The molecule has 1 fully saturated rings. The zero-order valence-electron chi connectivity index (χ0n) is 13.1. The molecule has 1 atom stereocenters. The maximum Gasteiger partial charge on any atom is 0.371 e. The standard InChI is InChI=1S/C15H20ClN3O4.ClH/c16-14(13-7-3-1-4-8-13)17-23-12-15(20,19(21)22)11-18-9-5-2-6-10-18;/h1,3-4,7-8,20H,2,5-6,9-12H2;1H. The van der Waals surface area contributed by atoms with Gasteiger partial charge >= 0.3 is 5.72 Å². The van der Waals surface area contributed by atoms with Gasteiger partial charge in [0.15, 0.2) is 5.17 Å². The average Bonchev–Trinajstić information content (AvgIpc) is 2.56. The summed E-state index contributed by atoms with van der Waals surface area (Å²) in [6, 6.07) is 8.89. The third kappa shape index (κ3) is 5.90. The highest BCUT2D eigenvalue weighted by Gasteiger charge is 2.44. The van der Waals surface area contributed by atoms with Crippen LogP contribution in [-0.2, 0) is 4.84 Å². The number of hydrogen-bond acceptors (Lipinski definition) is 6. The number of hydrogen-bond donors (Lipinski definition) is 1. The molecule has 9 heteroatoms. The third-order valence-corrected chi connectivity index (χ3v) is 4.00. The monoisotopic (exact) mass is 377 g/mol. The van der Waals surface area contributed by atoms with Gasteiger partial charge in [-0.05, 0) is 25.9 Å². The Labute approximate surface area is 151 Å². The van der Waals surface area contributed by atoms with Gasteiger partial charge in [-0.1, -0.05) is 53.5 Å². The van der Waals surface area contributed by atoms with Crippen LogP contribution >= 0.6 is 24.0 Å². The van der Waals surface area contributed by atoms with Crippen LogP contribution in [0.5, 0.6) is 0 Å². The lowest BCUT2D eigenvalue weighted by Crippen LogP contribution is -2.53. The Morgan fingerprint density at radius 3 is 2.54 bits per heavy atom. The molecule has 0 spiro atoms. The molecule has 0 radical (unpaired) electrons. The number of nitro groups is 1. The Morgan fingerprint density at radius 2 is 1.96 bits per heavy atom. The molecule has 0 bridgehead atoms. The van der Waals surface area contributed by atoms with Gasteiger partial charge in [-0.25, -0.2) is 0 Å². The second-order valence-electron chi connectivity index (χ2n) is 5.60. The topological polar surface area (TPSA) is 88.2 Å². The fourth-order valence-corrected chi connectivity index (χ4v) is 2.63. The smallest absolute Gasteiger partial charge is 0.371 e. The first-order valence-corrected chi connectivity index (χ1v) is 7.89. The van der Waals surface area contributed by atoms with E-state index in [1.165, 1.54) is 0 Å². The zero-order valence-corrected chi connectivity index (χ0v) is 14.7. The number of halogens is 2. The molecule has 0 aliphatic carbocycles. The van der Waals surface area contributed by atoms with E-state index in [0.717, 1.165) is 32.4 Å². The lowest BCUT2D eigenvalue weighted by atomic mass is 10.1. The summed E-state index contributed by atoms with van der Waals surface area (Å²) in [5, 5.41) is 25.2. The molecule has 2 rings (SSSR count). The van der Waals surface area contributed by atoms with Gasteiger partial charge in [-0.2, -0.15) is 0 Å². The molecule has 1 aliphatic heterocycles. The fraction of sp³-hybridized carbons (Fsp3) is 0.533. The summed E-state index contributed by atoms with van der Waals surface area (Å²) >= 11 is 5.97. The molecule has 1 aromatic carbocycles. The quantitative estimate of drug-likeness (QED) is 0.341. The SMILES string of the molecule is Cl.O=[N+]([O-])C(O)(CON=C(Cl)c1ccccc1)CN1CCCCC1. The zero-order chi connectivity index (χ0) is 16.7. The van der Waals surface area contributed by atoms with Crippen LogP contribution in [0.1, 0.15) is 24.8 Å². The summed E-state index contributed by atoms with van der Waals surface area (Å²) < 4.78 is 0. The summed E-state index contributed by atoms with van der Waals surface area (Å²) in [4.78, 5) is 17.3. The van der Waals surface area contributed by atoms with E-state index in [1.807, 2.05) is 11.0 Å². The molecular weight excluding hydrogens is 357 g/mol. The van der Waals surface area contributed by atoms with E-state index in [0.29, 0.717) is 5.56 Å². The molecule has 1 heterocycles. The van der Waals surface area contributed by atoms with Crippen LogP contribution in [-0.4, -0.2) is 52.1 Å². The van der Waals surface area contributed by atoms with Crippen molar-refractivity contribution in [1.82, 2.24) is 4.90 Å². The van der Waals surface area contributed by atoms with Crippen molar-refractivity contribution in [2.45, 2.75) is 25.0 Å². The van der Waals surface area contributed by atoms with E-state index in [4.69, 9.17) is 16.4 Å². The van der Waals surface area contributed by atoms with E-state index in [9.17, 15) is 15.2 Å². The Hall–Kier alpha value is -1.41. The van der Waals surface area contributed by atoms with E-state index in [1.54, 1.807) is 24.3 Å². The number of likely N-dealkylation sites (tertiary alicyclic amines) is 1. The van der Waals surface area contributed by atoms with Gasteiger partial charge in [0.05, 0.1) is 4.92 Å². The lowest BCUT2D eigenvalue weighted by molar-refractivity contribution is -0.629. The predicted octanol–water partition coefficient (Wildman–Crippen LogP) is 2.48. The summed E-state index contributed by atoms with van der Waals surface area (Å²) in [5.41, 5.74) is -1.57. The summed E-state index contributed by atoms with van der Waals surface area (Å²) in [7, 11) is 0. The number of piperidine rings is 1. The van der Waals surface area contributed by atoms with E-state index in [2.05, 4.69) is 5.16 Å². The summed E-state index contributed by atoms with van der Waals surface area (Å²) in [5.74, 6) is 0. The molecular formula is C15H21Cl2N3O4. The van der Waals surface area contributed by atoms with Crippen LogP contribution in [0.2, 0.25) is 0 Å².